The number of carbonyl (C=O) groups excluding carboxylic acids is 1. The summed E-state index contributed by atoms with van der Waals surface area (Å²) in [6, 6.07) is 11.6. The van der Waals surface area contributed by atoms with E-state index in [4.69, 9.17) is 13.9 Å². The molecule has 0 aliphatic carbocycles. The Morgan fingerprint density at radius 1 is 1.07 bits per heavy atom. The molecule has 2 heterocycles. The number of nitro benzene ring substituents is 1. The number of rotatable bonds is 5. The van der Waals surface area contributed by atoms with E-state index in [0.717, 1.165) is 0 Å². The number of ether oxygens (including phenoxy) is 2. The third-order valence-corrected chi connectivity index (χ3v) is 4.32. The van der Waals surface area contributed by atoms with E-state index >= 15 is 0 Å². The van der Waals surface area contributed by atoms with Crippen LogP contribution in [0.4, 0.5) is 10.1 Å². The van der Waals surface area contributed by atoms with Gasteiger partial charge in [0.15, 0.2) is 11.5 Å². The van der Waals surface area contributed by atoms with E-state index in [1.165, 1.54) is 24.3 Å². The summed E-state index contributed by atoms with van der Waals surface area (Å²) in [6.07, 6.45) is 0. The Bertz CT molecular complexity index is 1080. The lowest BCUT2D eigenvalue weighted by Gasteiger charge is -2.18. The third kappa shape index (κ3) is 3.88. The number of nitrogens with zero attached hydrogens (tertiary/aromatic N) is 1. The molecule has 3 aromatic rings. The van der Waals surface area contributed by atoms with Crippen LogP contribution in [0.2, 0.25) is 0 Å². The van der Waals surface area contributed by atoms with Gasteiger partial charge in [-0.3, -0.25) is 14.9 Å². The minimum absolute atomic E-state index is 0.0195. The quantitative estimate of drug-likeness (QED) is 0.519. The van der Waals surface area contributed by atoms with Gasteiger partial charge in [-0.2, -0.15) is 0 Å². The van der Waals surface area contributed by atoms with Gasteiger partial charge in [0.05, 0.1) is 17.5 Å². The summed E-state index contributed by atoms with van der Waals surface area (Å²) in [6.45, 7) is 0.598. The normalized spacial score (nSPS) is 12.4. The van der Waals surface area contributed by atoms with Crippen molar-refractivity contribution in [1.29, 1.82) is 0 Å². The van der Waals surface area contributed by atoms with Crippen LogP contribution >= 0.6 is 0 Å². The molecule has 2 aromatic carbocycles. The van der Waals surface area contributed by atoms with Gasteiger partial charge in [0, 0.05) is 11.6 Å². The molecule has 4 rings (SSSR count). The highest BCUT2D eigenvalue weighted by molar-refractivity contribution is 5.99. The molecule has 1 amide bonds. The molecule has 0 bridgehead atoms. The molecule has 0 atom stereocenters. The SMILES string of the molecule is O=C(NCc1ccc(-c2ccc(F)cc2)o1)c1cc2c(cc1[N+](=O)[O-])OCCO2. The highest BCUT2D eigenvalue weighted by atomic mass is 19.1. The molecule has 8 nitrogen and oxygen atoms in total. The highest BCUT2D eigenvalue weighted by Gasteiger charge is 2.26. The van der Waals surface area contributed by atoms with Crippen LogP contribution in [0.5, 0.6) is 11.5 Å². The Balaban J connectivity index is 1.50. The van der Waals surface area contributed by atoms with Gasteiger partial charge in [-0.1, -0.05) is 0 Å². The monoisotopic (exact) mass is 398 g/mol. The number of nitrogens with one attached hydrogen (secondary N) is 1. The van der Waals surface area contributed by atoms with Crippen molar-refractivity contribution < 1.29 is 28.0 Å². The maximum Gasteiger partial charge on any atom is 0.286 e. The van der Waals surface area contributed by atoms with E-state index in [1.54, 1.807) is 24.3 Å². The number of carbonyl (C=O) groups is 1. The van der Waals surface area contributed by atoms with Crippen molar-refractivity contribution in [2.24, 2.45) is 0 Å². The zero-order valence-corrected chi connectivity index (χ0v) is 15.0. The standard InChI is InChI=1S/C20H15FN2O6/c21-13-3-1-12(2-4-13)17-6-5-14(29-17)11-22-20(24)15-9-18-19(28-8-7-27-18)10-16(15)23(25)26/h1-6,9-10H,7-8,11H2,(H,22,24). The average Bonchev–Trinajstić information content (AvgIpc) is 3.20. The van der Waals surface area contributed by atoms with E-state index < -0.39 is 10.8 Å². The number of fused-ring (bicyclic) bond motifs is 1. The fraction of sp³-hybridized carbons (Fsp3) is 0.150. The maximum absolute atomic E-state index is 13.0. The van der Waals surface area contributed by atoms with Crippen LogP contribution in [0.1, 0.15) is 16.1 Å². The summed E-state index contributed by atoms with van der Waals surface area (Å²) in [5, 5.41) is 14.0. The molecule has 0 unspecified atom stereocenters. The number of amides is 1. The van der Waals surface area contributed by atoms with E-state index in [0.29, 0.717) is 23.7 Å². The number of furan rings is 1. The number of nitro groups is 1. The Kier molecular flexibility index (Phi) is 4.86. The second-order valence-corrected chi connectivity index (χ2v) is 6.23. The van der Waals surface area contributed by atoms with Crippen molar-refractivity contribution in [3.63, 3.8) is 0 Å². The third-order valence-electron chi connectivity index (χ3n) is 4.32. The molecule has 0 fully saturated rings. The van der Waals surface area contributed by atoms with Crippen molar-refractivity contribution in [2.75, 3.05) is 13.2 Å². The molecular weight excluding hydrogens is 383 g/mol. The van der Waals surface area contributed by atoms with Crippen molar-refractivity contribution in [3.8, 4) is 22.8 Å². The summed E-state index contributed by atoms with van der Waals surface area (Å²) in [5.74, 6) is 0.470. The molecule has 1 N–H and O–H groups in total. The summed E-state index contributed by atoms with van der Waals surface area (Å²) >= 11 is 0. The van der Waals surface area contributed by atoms with Gasteiger partial charge in [-0.25, -0.2) is 4.39 Å². The smallest absolute Gasteiger partial charge is 0.286 e. The van der Waals surface area contributed by atoms with Crippen molar-refractivity contribution in [1.82, 2.24) is 5.32 Å². The fourth-order valence-corrected chi connectivity index (χ4v) is 2.92. The Morgan fingerprint density at radius 3 is 2.45 bits per heavy atom. The van der Waals surface area contributed by atoms with Gasteiger partial charge in [-0.05, 0) is 36.4 Å². The minimum Gasteiger partial charge on any atom is -0.486 e. The van der Waals surface area contributed by atoms with Crippen LogP contribution in [0.25, 0.3) is 11.3 Å². The highest BCUT2D eigenvalue weighted by Crippen LogP contribution is 2.36. The van der Waals surface area contributed by atoms with Crippen molar-refractivity contribution in [3.05, 3.63) is 75.8 Å². The Hall–Kier alpha value is -3.88. The molecule has 29 heavy (non-hydrogen) atoms. The second-order valence-electron chi connectivity index (χ2n) is 6.23. The lowest BCUT2D eigenvalue weighted by Crippen LogP contribution is -2.24. The van der Waals surface area contributed by atoms with Crippen molar-refractivity contribution in [2.45, 2.75) is 6.54 Å². The lowest BCUT2D eigenvalue weighted by atomic mass is 10.1. The number of hydrogen-bond donors (Lipinski definition) is 1. The molecule has 148 valence electrons. The molecule has 0 saturated heterocycles. The first-order valence-corrected chi connectivity index (χ1v) is 8.72. The van der Waals surface area contributed by atoms with E-state index in [-0.39, 0.29) is 41.7 Å². The number of hydrogen-bond acceptors (Lipinski definition) is 6. The fourth-order valence-electron chi connectivity index (χ4n) is 2.92. The average molecular weight is 398 g/mol. The molecule has 9 heteroatoms. The van der Waals surface area contributed by atoms with E-state index in [1.807, 2.05) is 0 Å². The molecule has 1 aromatic heterocycles. The van der Waals surface area contributed by atoms with Crippen molar-refractivity contribution >= 4 is 11.6 Å². The van der Waals surface area contributed by atoms with Gasteiger partial charge in [-0.15, -0.1) is 0 Å². The minimum atomic E-state index is -0.646. The van der Waals surface area contributed by atoms with Gasteiger partial charge in [0.2, 0.25) is 0 Å². The molecule has 0 spiro atoms. The molecule has 0 radical (unpaired) electrons. The predicted octanol–water partition coefficient (Wildman–Crippen LogP) is 3.70. The summed E-state index contributed by atoms with van der Waals surface area (Å²) in [5.41, 5.74) is 0.175. The van der Waals surface area contributed by atoms with Crippen LogP contribution < -0.4 is 14.8 Å². The first-order chi connectivity index (χ1) is 14.0. The first kappa shape index (κ1) is 18.5. The lowest BCUT2D eigenvalue weighted by molar-refractivity contribution is -0.385. The topological polar surface area (TPSA) is 104 Å². The van der Waals surface area contributed by atoms with Crippen LogP contribution in [0, 0.1) is 15.9 Å². The number of halogens is 1. The zero-order chi connectivity index (χ0) is 20.4. The van der Waals surface area contributed by atoms with Gasteiger partial charge < -0.3 is 19.2 Å². The molecule has 1 aliphatic rings. The summed E-state index contributed by atoms with van der Waals surface area (Å²) < 4.78 is 29.4. The largest absolute Gasteiger partial charge is 0.486 e. The Labute approximate surface area is 164 Å². The van der Waals surface area contributed by atoms with Crippen LogP contribution in [0.3, 0.4) is 0 Å². The zero-order valence-electron chi connectivity index (χ0n) is 15.0. The second kappa shape index (κ2) is 7.63. The first-order valence-electron chi connectivity index (χ1n) is 8.72. The van der Waals surface area contributed by atoms with E-state index in [2.05, 4.69) is 5.32 Å². The van der Waals surface area contributed by atoms with Gasteiger partial charge >= 0.3 is 0 Å². The van der Waals surface area contributed by atoms with Crippen LogP contribution in [0.15, 0.2) is 52.9 Å². The Morgan fingerprint density at radius 2 is 1.76 bits per heavy atom. The van der Waals surface area contributed by atoms with Crippen LogP contribution in [-0.4, -0.2) is 24.0 Å². The maximum atomic E-state index is 13.0. The number of benzene rings is 2. The van der Waals surface area contributed by atoms with E-state index in [9.17, 15) is 19.3 Å². The van der Waals surface area contributed by atoms with Gasteiger partial charge in [0.1, 0.15) is 36.1 Å². The summed E-state index contributed by atoms with van der Waals surface area (Å²) in [4.78, 5) is 23.3. The summed E-state index contributed by atoms with van der Waals surface area (Å²) in [7, 11) is 0. The predicted molar refractivity (Wildman–Crippen MR) is 99.4 cm³/mol. The van der Waals surface area contributed by atoms with Gasteiger partial charge in [0.25, 0.3) is 11.6 Å². The molecule has 0 saturated carbocycles. The molecule has 1 aliphatic heterocycles. The molecular formula is C20H15FN2O6. The van der Waals surface area contributed by atoms with Crippen LogP contribution in [-0.2, 0) is 6.54 Å².